The monoisotopic (exact) mass is 223 g/mol. The molecule has 0 radical (unpaired) electrons. The molecule has 0 unspecified atom stereocenters. The van der Waals surface area contributed by atoms with Crippen molar-refractivity contribution < 1.29 is 4.39 Å². The summed E-state index contributed by atoms with van der Waals surface area (Å²) in [5.41, 5.74) is 2.10. The number of nitrogens with zero attached hydrogens (tertiary/aromatic N) is 3. The van der Waals surface area contributed by atoms with Crippen molar-refractivity contribution >= 4 is 11.6 Å². The fourth-order valence-corrected chi connectivity index (χ4v) is 1.40. The largest absolute Gasteiger partial charge is 0.228 e. The quantitative estimate of drug-likeness (QED) is 0.551. The molecule has 0 aliphatic carbocycles. The van der Waals surface area contributed by atoms with E-state index in [9.17, 15) is 4.39 Å². The van der Waals surface area contributed by atoms with Gasteiger partial charge in [0, 0.05) is 24.0 Å². The van der Waals surface area contributed by atoms with E-state index in [0.717, 1.165) is 5.56 Å². The van der Waals surface area contributed by atoms with Crippen LogP contribution in [-0.4, -0.2) is 15.0 Å². The molecule has 15 heavy (non-hydrogen) atoms. The van der Waals surface area contributed by atoms with Crippen molar-refractivity contribution in [2.45, 2.75) is 6.92 Å². The van der Waals surface area contributed by atoms with Crippen LogP contribution in [0.15, 0.2) is 24.5 Å². The molecule has 2 aromatic rings. The first-order valence-corrected chi connectivity index (χ1v) is 4.65. The normalized spacial score (nSPS) is 10.3. The average Bonchev–Trinajstić information content (AvgIpc) is 2.22. The summed E-state index contributed by atoms with van der Waals surface area (Å²) in [5.74, 6) is -0.540. The van der Waals surface area contributed by atoms with E-state index in [1.165, 1.54) is 12.3 Å². The molecular formula is C10H7ClFN3. The summed E-state index contributed by atoms with van der Waals surface area (Å²) in [6.45, 7) is 1.84. The van der Waals surface area contributed by atoms with Gasteiger partial charge in [-0.2, -0.15) is 4.39 Å². The first-order chi connectivity index (χ1) is 7.16. The predicted molar refractivity (Wildman–Crippen MR) is 55.0 cm³/mol. The van der Waals surface area contributed by atoms with Crippen LogP contribution in [0.2, 0.25) is 5.28 Å². The first-order valence-electron chi connectivity index (χ1n) is 4.28. The molecule has 0 saturated heterocycles. The molecule has 0 aromatic carbocycles. The summed E-state index contributed by atoms with van der Waals surface area (Å²) in [5, 5.41) is 0.146. The van der Waals surface area contributed by atoms with E-state index in [0.29, 0.717) is 11.3 Å². The molecular weight excluding hydrogens is 217 g/mol. The minimum atomic E-state index is -0.540. The number of halogens is 2. The second-order valence-corrected chi connectivity index (χ2v) is 3.38. The van der Waals surface area contributed by atoms with Gasteiger partial charge in [-0.05, 0) is 30.2 Å². The van der Waals surface area contributed by atoms with Gasteiger partial charge in [-0.3, -0.25) is 0 Å². The Hall–Kier alpha value is -1.55. The lowest BCUT2D eigenvalue weighted by Gasteiger charge is -2.04. The molecule has 0 atom stereocenters. The molecule has 0 N–H and O–H groups in total. The van der Waals surface area contributed by atoms with Crippen LogP contribution in [-0.2, 0) is 0 Å². The van der Waals surface area contributed by atoms with Gasteiger partial charge >= 0.3 is 0 Å². The third-order valence-corrected chi connectivity index (χ3v) is 2.12. The van der Waals surface area contributed by atoms with Crippen molar-refractivity contribution in [3.8, 4) is 11.3 Å². The van der Waals surface area contributed by atoms with Crippen LogP contribution in [0.4, 0.5) is 4.39 Å². The Bertz CT molecular complexity index is 502. The van der Waals surface area contributed by atoms with E-state index in [1.807, 2.05) is 6.92 Å². The molecule has 0 aliphatic heterocycles. The predicted octanol–water partition coefficient (Wildman–Crippen LogP) is 2.64. The van der Waals surface area contributed by atoms with E-state index in [1.54, 1.807) is 12.3 Å². The zero-order chi connectivity index (χ0) is 10.8. The highest BCUT2D eigenvalue weighted by atomic mass is 35.5. The summed E-state index contributed by atoms with van der Waals surface area (Å²) in [6, 6.07) is 2.99. The molecule has 0 bridgehead atoms. The minimum Gasteiger partial charge on any atom is -0.228 e. The smallest absolute Gasteiger partial charge is 0.222 e. The van der Waals surface area contributed by atoms with E-state index in [2.05, 4.69) is 15.0 Å². The maximum atomic E-state index is 12.9. The Morgan fingerprint density at radius 2 is 2.13 bits per heavy atom. The minimum absolute atomic E-state index is 0.146. The van der Waals surface area contributed by atoms with Crippen LogP contribution in [0, 0.1) is 12.9 Å². The summed E-state index contributed by atoms with van der Waals surface area (Å²) in [7, 11) is 0. The summed E-state index contributed by atoms with van der Waals surface area (Å²) >= 11 is 5.67. The number of aromatic nitrogens is 3. The Morgan fingerprint density at radius 3 is 2.87 bits per heavy atom. The maximum Gasteiger partial charge on any atom is 0.222 e. The highest BCUT2D eigenvalue weighted by Gasteiger charge is 2.06. The molecule has 0 amide bonds. The van der Waals surface area contributed by atoms with E-state index < -0.39 is 5.95 Å². The molecule has 2 aromatic heterocycles. The van der Waals surface area contributed by atoms with Gasteiger partial charge in [0.1, 0.15) is 0 Å². The van der Waals surface area contributed by atoms with Crippen molar-refractivity contribution in [1.29, 1.82) is 0 Å². The fourth-order valence-electron chi connectivity index (χ4n) is 1.26. The lowest BCUT2D eigenvalue weighted by molar-refractivity contribution is 0.584. The third-order valence-electron chi connectivity index (χ3n) is 1.94. The van der Waals surface area contributed by atoms with Crippen molar-refractivity contribution in [1.82, 2.24) is 15.0 Å². The number of pyridine rings is 1. The van der Waals surface area contributed by atoms with Gasteiger partial charge < -0.3 is 0 Å². The van der Waals surface area contributed by atoms with Crippen LogP contribution in [0.5, 0.6) is 0 Å². The second kappa shape index (κ2) is 3.90. The second-order valence-electron chi connectivity index (χ2n) is 3.04. The van der Waals surface area contributed by atoms with Crippen LogP contribution < -0.4 is 0 Å². The van der Waals surface area contributed by atoms with Crippen LogP contribution in [0.1, 0.15) is 5.56 Å². The molecule has 0 fully saturated rings. The van der Waals surface area contributed by atoms with Crippen LogP contribution in [0.3, 0.4) is 0 Å². The Kier molecular flexibility index (Phi) is 2.60. The third kappa shape index (κ3) is 2.10. The first kappa shape index (κ1) is 9.98. The highest BCUT2D eigenvalue weighted by molar-refractivity contribution is 6.28. The Labute approximate surface area is 91.0 Å². The van der Waals surface area contributed by atoms with E-state index in [4.69, 9.17) is 11.6 Å². The van der Waals surface area contributed by atoms with Crippen LogP contribution in [0.25, 0.3) is 11.3 Å². The molecule has 76 valence electrons. The molecule has 0 spiro atoms. The summed E-state index contributed by atoms with van der Waals surface area (Å²) in [4.78, 5) is 11.4. The van der Waals surface area contributed by atoms with Gasteiger partial charge in [-0.25, -0.2) is 15.0 Å². The molecule has 5 heteroatoms. The molecule has 3 nitrogen and oxygen atoms in total. The topological polar surface area (TPSA) is 38.7 Å². The van der Waals surface area contributed by atoms with E-state index >= 15 is 0 Å². The summed E-state index contributed by atoms with van der Waals surface area (Å²) in [6.07, 6.45) is 2.99. The number of aryl methyl sites for hydroxylation is 1. The standard InChI is InChI=1S/C10H7ClFN3/c1-6-5-14-10(11)15-9(6)7-2-3-13-8(12)4-7/h2-5H,1H3. The molecule has 0 saturated carbocycles. The van der Waals surface area contributed by atoms with Gasteiger partial charge in [0.25, 0.3) is 0 Å². The van der Waals surface area contributed by atoms with Crippen molar-refractivity contribution in [3.05, 3.63) is 41.3 Å². The van der Waals surface area contributed by atoms with Crippen molar-refractivity contribution in [2.75, 3.05) is 0 Å². The van der Waals surface area contributed by atoms with E-state index in [-0.39, 0.29) is 5.28 Å². The Morgan fingerprint density at radius 1 is 1.33 bits per heavy atom. The lowest BCUT2D eigenvalue weighted by atomic mass is 10.1. The zero-order valence-corrected chi connectivity index (χ0v) is 8.66. The fraction of sp³-hybridized carbons (Fsp3) is 0.100. The number of hydrogen-bond acceptors (Lipinski definition) is 3. The molecule has 2 heterocycles. The Balaban J connectivity index is 2.58. The number of rotatable bonds is 1. The highest BCUT2D eigenvalue weighted by Crippen LogP contribution is 2.21. The number of hydrogen-bond donors (Lipinski definition) is 0. The lowest BCUT2D eigenvalue weighted by Crippen LogP contribution is -1.93. The van der Waals surface area contributed by atoms with Gasteiger partial charge in [0.2, 0.25) is 11.2 Å². The molecule has 0 aliphatic rings. The van der Waals surface area contributed by atoms with Crippen LogP contribution >= 0.6 is 11.6 Å². The van der Waals surface area contributed by atoms with Crippen molar-refractivity contribution in [2.24, 2.45) is 0 Å². The molecule has 2 rings (SSSR count). The summed E-state index contributed by atoms with van der Waals surface area (Å²) < 4.78 is 12.9. The maximum absolute atomic E-state index is 12.9. The van der Waals surface area contributed by atoms with Gasteiger partial charge in [-0.1, -0.05) is 0 Å². The zero-order valence-electron chi connectivity index (χ0n) is 7.91. The van der Waals surface area contributed by atoms with Gasteiger partial charge in [-0.15, -0.1) is 0 Å². The van der Waals surface area contributed by atoms with Gasteiger partial charge in [0.15, 0.2) is 0 Å². The van der Waals surface area contributed by atoms with Gasteiger partial charge in [0.05, 0.1) is 5.69 Å². The van der Waals surface area contributed by atoms with Crippen molar-refractivity contribution in [3.63, 3.8) is 0 Å². The SMILES string of the molecule is Cc1cnc(Cl)nc1-c1ccnc(F)c1. The average molecular weight is 224 g/mol.